The molecule has 0 atom stereocenters. The Morgan fingerprint density at radius 2 is 1.83 bits per heavy atom. The van der Waals surface area contributed by atoms with Crippen LogP contribution in [0.1, 0.15) is 0 Å². The number of benzene rings is 2. The first-order valence-corrected chi connectivity index (χ1v) is 9.71. The van der Waals surface area contributed by atoms with E-state index in [1.807, 2.05) is 67.5 Å². The summed E-state index contributed by atoms with van der Waals surface area (Å²) < 4.78 is 0.689. The standard InChI is InChI=1S/C17H17ClN2OS3/c1-20(2)17(22)23-11-16(21)19-14-5-3-4-6-15(14)24-13-9-7-12(18)8-10-13/h3-10H,11H2,1-2H3,(H,19,21). The maximum atomic E-state index is 12.2. The second-order valence-corrected chi connectivity index (χ2v) is 8.21. The van der Waals surface area contributed by atoms with Crippen LogP contribution in [0.3, 0.4) is 0 Å². The zero-order valence-electron chi connectivity index (χ0n) is 13.3. The molecule has 2 aromatic rings. The molecule has 0 fully saturated rings. The number of nitrogens with one attached hydrogen (secondary N) is 1. The van der Waals surface area contributed by atoms with Crippen molar-refractivity contribution in [2.75, 3.05) is 25.2 Å². The molecule has 0 heterocycles. The second kappa shape index (κ2) is 9.32. The third-order valence-electron chi connectivity index (χ3n) is 2.89. The average Bonchev–Trinajstić information content (AvgIpc) is 2.56. The molecule has 1 amide bonds. The fourth-order valence-electron chi connectivity index (χ4n) is 1.73. The van der Waals surface area contributed by atoms with E-state index in [1.165, 1.54) is 11.8 Å². The first kappa shape index (κ1) is 19.1. The largest absolute Gasteiger partial charge is 0.364 e. The lowest BCUT2D eigenvalue weighted by atomic mass is 10.3. The molecule has 0 bridgehead atoms. The van der Waals surface area contributed by atoms with Crippen molar-refractivity contribution in [1.29, 1.82) is 0 Å². The van der Waals surface area contributed by atoms with Gasteiger partial charge in [0, 0.05) is 28.9 Å². The Hall–Kier alpha value is -1.21. The van der Waals surface area contributed by atoms with Gasteiger partial charge in [-0.2, -0.15) is 0 Å². The fraction of sp³-hybridized carbons (Fsp3) is 0.176. The summed E-state index contributed by atoms with van der Waals surface area (Å²) in [6.45, 7) is 0. The smallest absolute Gasteiger partial charge is 0.234 e. The lowest BCUT2D eigenvalue weighted by Crippen LogP contribution is -2.21. The second-order valence-electron chi connectivity index (χ2n) is 5.05. The molecule has 0 aromatic heterocycles. The van der Waals surface area contributed by atoms with Crippen molar-refractivity contribution >= 4 is 63.3 Å². The highest BCUT2D eigenvalue weighted by molar-refractivity contribution is 8.23. The molecular formula is C17H17ClN2OS3. The molecule has 3 nitrogen and oxygen atoms in total. The highest BCUT2D eigenvalue weighted by atomic mass is 35.5. The zero-order chi connectivity index (χ0) is 17.5. The minimum atomic E-state index is -0.0756. The minimum Gasteiger partial charge on any atom is -0.364 e. The maximum Gasteiger partial charge on any atom is 0.234 e. The molecule has 7 heteroatoms. The van der Waals surface area contributed by atoms with Crippen LogP contribution in [0.15, 0.2) is 58.3 Å². The predicted octanol–water partition coefficient (Wildman–Crippen LogP) is 5.01. The third kappa shape index (κ3) is 6.02. The highest BCUT2D eigenvalue weighted by Crippen LogP contribution is 2.33. The van der Waals surface area contributed by atoms with Crippen molar-refractivity contribution in [1.82, 2.24) is 4.90 Å². The number of hydrogen-bond donors (Lipinski definition) is 1. The number of thiocarbonyl (C=S) groups is 1. The lowest BCUT2D eigenvalue weighted by Gasteiger charge is -2.13. The van der Waals surface area contributed by atoms with Gasteiger partial charge in [0.1, 0.15) is 4.32 Å². The van der Waals surface area contributed by atoms with E-state index in [0.717, 1.165) is 15.5 Å². The first-order chi connectivity index (χ1) is 11.5. The van der Waals surface area contributed by atoms with Crippen molar-refractivity contribution in [2.24, 2.45) is 0 Å². The van der Waals surface area contributed by atoms with Gasteiger partial charge in [-0.1, -0.05) is 59.5 Å². The predicted molar refractivity (Wildman–Crippen MR) is 109 cm³/mol. The highest BCUT2D eigenvalue weighted by Gasteiger charge is 2.10. The molecule has 0 aliphatic rings. The molecule has 0 saturated carbocycles. The molecule has 0 radical (unpaired) electrons. The van der Waals surface area contributed by atoms with Crippen LogP contribution in [0.4, 0.5) is 5.69 Å². The van der Waals surface area contributed by atoms with Crippen LogP contribution >= 0.6 is 47.3 Å². The van der Waals surface area contributed by atoms with E-state index >= 15 is 0 Å². The molecule has 2 aromatic carbocycles. The fourth-order valence-corrected chi connectivity index (χ4v) is 3.52. The summed E-state index contributed by atoms with van der Waals surface area (Å²) in [5.41, 5.74) is 0.791. The number of hydrogen-bond acceptors (Lipinski definition) is 4. The Bertz CT molecular complexity index is 720. The third-order valence-corrected chi connectivity index (χ3v) is 5.97. The molecular weight excluding hydrogens is 380 g/mol. The first-order valence-electron chi connectivity index (χ1n) is 7.12. The Morgan fingerprint density at radius 1 is 1.17 bits per heavy atom. The van der Waals surface area contributed by atoms with Gasteiger partial charge in [0.15, 0.2) is 0 Å². The molecule has 0 aliphatic heterocycles. The van der Waals surface area contributed by atoms with Crippen molar-refractivity contribution in [3.8, 4) is 0 Å². The van der Waals surface area contributed by atoms with Gasteiger partial charge in [0.25, 0.3) is 0 Å². The van der Waals surface area contributed by atoms with Crippen molar-refractivity contribution in [3.05, 3.63) is 53.6 Å². The van der Waals surface area contributed by atoms with Crippen LogP contribution < -0.4 is 5.32 Å². The number of halogens is 1. The molecule has 0 saturated heterocycles. The van der Waals surface area contributed by atoms with E-state index in [4.69, 9.17) is 23.8 Å². The summed E-state index contributed by atoms with van der Waals surface area (Å²) in [6.07, 6.45) is 0. The van der Waals surface area contributed by atoms with Crippen LogP contribution in [0.25, 0.3) is 0 Å². The lowest BCUT2D eigenvalue weighted by molar-refractivity contribution is -0.113. The molecule has 0 spiro atoms. The summed E-state index contributed by atoms with van der Waals surface area (Å²) >= 11 is 14.0. The summed E-state index contributed by atoms with van der Waals surface area (Å²) in [7, 11) is 3.73. The van der Waals surface area contributed by atoms with Gasteiger partial charge in [-0.15, -0.1) is 0 Å². The van der Waals surface area contributed by atoms with E-state index in [1.54, 1.807) is 11.8 Å². The van der Waals surface area contributed by atoms with Gasteiger partial charge in [-0.05, 0) is 36.4 Å². The van der Waals surface area contributed by atoms with Crippen LogP contribution in [0.2, 0.25) is 5.02 Å². The zero-order valence-corrected chi connectivity index (χ0v) is 16.5. The van der Waals surface area contributed by atoms with E-state index in [9.17, 15) is 4.79 Å². The summed E-state index contributed by atoms with van der Waals surface area (Å²) in [5, 5.41) is 3.66. The van der Waals surface area contributed by atoms with Crippen LogP contribution in [0.5, 0.6) is 0 Å². The molecule has 2 rings (SSSR count). The number of carbonyl (C=O) groups excluding carboxylic acids is 1. The number of amides is 1. The molecule has 126 valence electrons. The van der Waals surface area contributed by atoms with Crippen molar-refractivity contribution in [2.45, 2.75) is 9.79 Å². The van der Waals surface area contributed by atoms with Crippen molar-refractivity contribution in [3.63, 3.8) is 0 Å². The monoisotopic (exact) mass is 396 g/mol. The van der Waals surface area contributed by atoms with E-state index < -0.39 is 0 Å². The molecule has 0 unspecified atom stereocenters. The van der Waals surface area contributed by atoms with Crippen molar-refractivity contribution < 1.29 is 4.79 Å². The quantitative estimate of drug-likeness (QED) is 0.718. The van der Waals surface area contributed by atoms with Gasteiger partial charge in [-0.3, -0.25) is 4.79 Å². The average molecular weight is 397 g/mol. The minimum absolute atomic E-state index is 0.0756. The summed E-state index contributed by atoms with van der Waals surface area (Å²) in [5.74, 6) is 0.213. The van der Waals surface area contributed by atoms with Crippen LogP contribution in [-0.2, 0) is 4.79 Å². The van der Waals surface area contributed by atoms with Gasteiger partial charge in [0.05, 0.1) is 11.4 Å². The number of para-hydroxylation sites is 1. The topological polar surface area (TPSA) is 32.3 Å². The number of rotatable bonds is 5. The van der Waals surface area contributed by atoms with Crippen LogP contribution in [0, 0.1) is 0 Å². The number of carbonyl (C=O) groups is 1. The van der Waals surface area contributed by atoms with Gasteiger partial charge in [0.2, 0.25) is 5.91 Å². The Labute approximate surface area is 161 Å². The summed E-state index contributed by atoms with van der Waals surface area (Å²) in [6, 6.07) is 15.3. The number of anilines is 1. The van der Waals surface area contributed by atoms with Gasteiger partial charge < -0.3 is 10.2 Å². The molecule has 24 heavy (non-hydrogen) atoms. The van der Waals surface area contributed by atoms with Gasteiger partial charge >= 0.3 is 0 Å². The Balaban J connectivity index is 2.01. The van der Waals surface area contributed by atoms with E-state index in [-0.39, 0.29) is 11.7 Å². The van der Waals surface area contributed by atoms with E-state index in [0.29, 0.717) is 9.34 Å². The molecule has 1 N–H and O–H groups in total. The maximum absolute atomic E-state index is 12.2. The van der Waals surface area contributed by atoms with E-state index in [2.05, 4.69) is 5.32 Å². The molecule has 0 aliphatic carbocycles. The Morgan fingerprint density at radius 3 is 2.50 bits per heavy atom. The van der Waals surface area contributed by atoms with Crippen LogP contribution in [-0.4, -0.2) is 35.0 Å². The normalized spacial score (nSPS) is 10.3. The SMILES string of the molecule is CN(C)C(=S)SCC(=O)Nc1ccccc1Sc1ccc(Cl)cc1. The summed E-state index contributed by atoms with van der Waals surface area (Å²) in [4.78, 5) is 16.0. The number of thioether (sulfide) groups is 1. The van der Waals surface area contributed by atoms with Gasteiger partial charge in [-0.25, -0.2) is 0 Å². The number of nitrogens with zero attached hydrogens (tertiary/aromatic N) is 1. The Kier molecular flexibility index (Phi) is 7.42.